The van der Waals surface area contributed by atoms with Crippen LogP contribution in [0.25, 0.3) is 16.9 Å². The molecule has 2 heterocycles. The number of hydrogen-bond donors (Lipinski definition) is 1. The second-order valence-corrected chi connectivity index (χ2v) is 6.38. The second kappa shape index (κ2) is 6.52. The normalized spacial score (nSPS) is 13.8. The van der Waals surface area contributed by atoms with Gasteiger partial charge in [-0.25, -0.2) is 9.07 Å². The van der Waals surface area contributed by atoms with E-state index in [9.17, 15) is 4.39 Å². The van der Waals surface area contributed by atoms with Crippen LogP contribution in [0.4, 0.5) is 15.9 Å². The lowest BCUT2D eigenvalue weighted by Crippen LogP contribution is -2.17. The Labute approximate surface area is 151 Å². The standard InChI is InChI=1S/C20H18FN5/c21-18-11-14(3-4-15(18)13-22)19-12-20(23)24-26(19)17-7-5-16(6-8-17)25-9-1-2-10-25/h3-8,11-12H,1-2,9-10H2,(H2,23,24). The average molecular weight is 347 g/mol. The molecule has 1 fully saturated rings. The Morgan fingerprint density at radius 2 is 1.69 bits per heavy atom. The molecule has 0 saturated carbocycles. The first kappa shape index (κ1) is 16.2. The minimum atomic E-state index is -0.555. The number of benzene rings is 2. The molecule has 1 aliphatic rings. The number of nitrogens with zero attached hydrogens (tertiary/aromatic N) is 4. The minimum Gasteiger partial charge on any atom is -0.382 e. The fraction of sp³-hybridized carbons (Fsp3) is 0.200. The van der Waals surface area contributed by atoms with Gasteiger partial charge >= 0.3 is 0 Å². The minimum absolute atomic E-state index is 0.0164. The summed E-state index contributed by atoms with van der Waals surface area (Å²) < 4.78 is 15.7. The maximum absolute atomic E-state index is 14.0. The molecule has 0 radical (unpaired) electrons. The lowest BCUT2D eigenvalue weighted by molar-refractivity contribution is 0.624. The first-order chi connectivity index (χ1) is 12.7. The first-order valence-corrected chi connectivity index (χ1v) is 8.56. The van der Waals surface area contributed by atoms with Crippen LogP contribution in [0, 0.1) is 17.1 Å². The van der Waals surface area contributed by atoms with Gasteiger partial charge in [0.1, 0.15) is 17.7 Å². The topological polar surface area (TPSA) is 70.9 Å². The summed E-state index contributed by atoms with van der Waals surface area (Å²) in [4.78, 5) is 2.36. The fourth-order valence-corrected chi connectivity index (χ4v) is 3.35. The SMILES string of the molecule is N#Cc1ccc(-c2cc(N)nn2-c2ccc(N3CCCC3)cc2)cc1F. The molecule has 0 atom stereocenters. The maximum atomic E-state index is 14.0. The van der Waals surface area contributed by atoms with Crippen LogP contribution in [0.2, 0.25) is 0 Å². The summed E-state index contributed by atoms with van der Waals surface area (Å²) in [6.45, 7) is 2.17. The van der Waals surface area contributed by atoms with Crippen LogP contribution in [-0.2, 0) is 0 Å². The number of halogens is 1. The van der Waals surface area contributed by atoms with Gasteiger partial charge in [0.05, 0.1) is 16.9 Å². The van der Waals surface area contributed by atoms with Crippen molar-refractivity contribution < 1.29 is 4.39 Å². The summed E-state index contributed by atoms with van der Waals surface area (Å²) >= 11 is 0. The third-order valence-electron chi connectivity index (χ3n) is 4.68. The van der Waals surface area contributed by atoms with Gasteiger partial charge in [0.15, 0.2) is 0 Å². The second-order valence-electron chi connectivity index (χ2n) is 6.38. The lowest BCUT2D eigenvalue weighted by atomic mass is 10.1. The molecule has 2 aromatic carbocycles. The molecule has 0 unspecified atom stereocenters. The number of rotatable bonds is 3. The van der Waals surface area contributed by atoms with Crippen LogP contribution in [0.15, 0.2) is 48.5 Å². The van der Waals surface area contributed by atoms with E-state index in [1.807, 2.05) is 18.2 Å². The van der Waals surface area contributed by atoms with Crippen molar-refractivity contribution in [3.63, 3.8) is 0 Å². The molecular weight excluding hydrogens is 329 g/mol. The van der Waals surface area contributed by atoms with Gasteiger partial charge in [-0.15, -0.1) is 0 Å². The van der Waals surface area contributed by atoms with E-state index in [1.54, 1.807) is 16.8 Å². The van der Waals surface area contributed by atoms with Gasteiger partial charge < -0.3 is 10.6 Å². The molecule has 0 bridgehead atoms. The van der Waals surface area contributed by atoms with Gasteiger partial charge in [0.2, 0.25) is 0 Å². The van der Waals surface area contributed by atoms with Gasteiger partial charge in [-0.05, 0) is 49.2 Å². The number of aromatic nitrogens is 2. The van der Waals surface area contributed by atoms with Crippen molar-refractivity contribution in [3.8, 4) is 23.0 Å². The van der Waals surface area contributed by atoms with Gasteiger partial charge in [-0.1, -0.05) is 6.07 Å². The third-order valence-corrected chi connectivity index (χ3v) is 4.68. The largest absolute Gasteiger partial charge is 0.382 e. The molecule has 3 aromatic rings. The van der Waals surface area contributed by atoms with Gasteiger partial charge in [-0.2, -0.15) is 10.4 Å². The van der Waals surface area contributed by atoms with E-state index in [-0.39, 0.29) is 5.56 Å². The van der Waals surface area contributed by atoms with E-state index < -0.39 is 5.82 Å². The Bertz CT molecular complexity index is 978. The van der Waals surface area contributed by atoms with E-state index >= 15 is 0 Å². The Kier molecular flexibility index (Phi) is 4.05. The summed E-state index contributed by atoms with van der Waals surface area (Å²) in [5.41, 5.74) is 9.25. The third kappa shape index (κ3) is 2.88. The molecule has 1 saturated heterocycles. The van der Waals surface area contributed by atoms with Gasteiger partial charge in [0, 0.05) is 30.4 Å². The van der Waals surface area contributed by atoms with E-state index in [0.29, 0.717) is 17.1 Å². The Morgan fingerprint density at radius 1 is 1.00 bits per heavy atom. The van der Waals surface area contributed by atoms with E-state index in [1.165, 1.54) is 30.7 Å². The highest BCUT2D eigenvalue weighted by atomic mass is 19.1. The quantitative estimate of drug-likeness (QED) is 0.784. The summed E-state index contributed by atoms with van der Waals surface area (Å²) in [5, 5.41) is 13.3. The highest BCUT2D eigenvalue weighted by Crippen LogP contribution is 2.28. The fourth-order valence-electron chi connectivity index (χ4n) is 3.35. The van der Waals surface area contributed by atoms with Crippen LogP contribution in [0.3, 0.4) is 0 Å². The number of hydrogen-bond acceptors (Lipinski definition) is 4. The zero-order chi connectivity index (χ0) is 18.1. The van der Waals surface area contributed by atoms with Crippen LogP contribution in [0.5, 0.6) is 0 Å². The summed E-state index contributed by atoms with van der Waals surface area (Å²) in [6.07, 6.45) is 2.46. The number of nitriles is 1. The molecule has 0 amide bonds. The molecule has 1 aromatic heterocycles. The average Bonchev–Trinajstić information content (AvgIpc) is 3.31. The predicted octanol–water partition coefficient (Wildman–Crippen LogP) is 3.73. The van der Waals surface area contributed by atoms with E-state index in [4.69, 9.17) is 11.0 Å². The molecule has 4 rings (SSSR count). The smallest absolute Gasteiger partial charge is 0.146 e. The summed E-state index contributed by atoms with van der Waals surface area (Å²) in [7, 11) is 0. The molecule has 26 heavy (non-hydrogen) atoms. The van der Waals surface area contributed by atoms with Crippen LogP contribution < -0.4 is 10.6 Å². The zero-order valence-electron chi connectivity index (χ0n) is 14.2. The van der Waals surface area contributed by atoms with Crippen molar-refractivity contribution in [3.05, 3.63) is 59.9 Å². The van der Waals surface area contributed by atoms with Crippen molar-refractivity contribution in [2.75, 3.05) is 23.7 Å². The number of anilines is 2. The molecule has 0 aliphatic carbocycles. The van der Waals surface area contributed by atoms with E-state index in [0.717, 1.165) is 18.8 Å². The van der Waals surface area contributed by atoms with E-state index in [2.05, 4.69) is 22.1 Å². The van der Waals surface area contributed by atoms with Crippen LogP contribution >= 0.6 is 0 Å². The predicted molar refractivity (Wildman–Crippen MR) is 99.5 cm³/mol. The van der Waals surface area contributed by atoms with Crippen LogP contribution in [-0.4, -0.2) is 22.9 Å². The van der Waals surface area contributed by atoms with Gasteiger partial charge in [-0.3, -0.25) is 0 Å². The number of nitrogens with two attached hydrogens (primary N) is 1. The zero-order valence-corrected chi connectivity index (χ0v) is 14.2. The number of nitrogen functional groups attached to an aromatic ring is 1. The molecular formula is C20H18FN5. The molecule has 1 aliphatic heterocycles. The monoisotopic (exact) mass is 347 g/mol. The molecule has 0 spiro atoms. The van der Waals surface area contributed by atoms with Crippen LogP contribution in [0.1, 0.15) is 18.4 Å². The van der Waals surface area contributed by atoms with Crippen molar-refractivity contribution in [1.29, 1.82) is 5.26 Å². The molecule has 130 valence electrons. The maximum Gasteiger partial charge on any atom is 0.146 e. The lowest BCUT2D eigenvalue weighted by Gasteiger charge is -2.18. The molecule has 2 N–H and O–H groups in total. The van der Waals surface area contributed by atoms with Gasteiger partial charge in [0.25, 0.3) is 0 Å². The Balaban J connectivity index is 1.72. The summed E-state index contributed by atoms with van der Waals surface area (Å²) in [6, 6.07) is 16.2. The van der Waals surface area contributed by atoms with Crippen molar-refractivity contribution >= 4 is 11.5 Å². The molecule has 5 nitrogen and oxygen atoms in total. The van der Waals surface area contributed by atoms with Crippen molar-refractivity contribution in [1.82, 2.24) is 9.78 Å². The van der Waals surface area contributed by atoms with Crippen molar-refractivity contribution in [2.24, 2.45) is 0 Å². The molecule has 6 heteroatoms. The highest BCUT2D eigenvalue weighted by molar-refractivity contribution is 5.67. The Hall–Kier alpha value is -3.33. The Morgan fingerprint density at radius 3 is 2.35 bits per heavy atom. The van der Waals surface area contributed by atoms with Crippen molar-refractivity contribution in [2.45, 2.75) is 12.8 Å². The highest BCUT2D eigenvalue weighted by Gasteiger charge is 2.15. The summed E-state index contributed by atoms with van der Waals surface area (Å²) in [5.74, 6) is -0.200. The first-order valence-electron chi connectivity index (χ1n) is 8.56.